The average molecular weight is 491 g/mol. The molecule has 0 N–H and O–H groups in total. The largest absolute Gasteiger partial charge is 0.486 e. The van der Waals surface area contributed by atoms with E-state index in [2.05, 4.69) is 10.1 Å². The molecule has 4 aromatic rings. The van der Waals surface area contributed by atoms with Gasteiger partial charge >= 0.3 is 0 Å². The number of ether oxygens (including phenoxy) is 1. The fourth-order valence-electron chi connectivity index (χ4n) is 2.83. The summed E-state index contributed by atoms with van der Waals surface area (Å²) in [6, 6.07) is 21.8. The Morgan fingerprint density at radius 2 is 1.58 bits per heavy atom. The van der Waals surface area contributed by atoms with Gasteiger partial charge in [0.05, 0.1) is 22.0 Å². The quantitative estimate of drug-likeness (QED) is 0.258. The first-order valence-corrected chi connectivity index (χ1v) is 10.7. The SMILES string of the molecule is Clc1ccc(N=Cc2c(COc3ccc(Cl)cc3Cl)nn(-c3ccccc3)c2Cl)cc1. The first-order chi connectivity index (χ1) is 15.0. The molecule has 0 radical (unpaired) electrons. The monoisotopic (exact) mass is 489 g/mol. The van der Waals surface area contributed by atoms with E-state index < -0.39 is 0 Å². The molecule has 0 bridgehead atoms. The Hall–Kier alpha value is -2.50. The molecule has 0 saturated heterocycles. The highest BCUT2D eigenvalue weighted by molar-refractivity contribution is 6.35. The zero-order valence-electron chi connectivity index (χ0n) is 16.0. The van der Waals surface area contributed by atoms with Crippen molar-refractivity contribution in [1.29, 1.82) is 0 Å². The van der Waals surface area contributed by atoms with Gasteiger partial charge < -0.3 is 4.74 Å². The number of aliphatic imine (C=N–C) groups is 1. The summed E-state index contributed by atoms with van der Waals surface area (Å²) >= 11 is 24.8. The second-order valence-corrected chi connectivity index (χ2v) is 8.13. The van der Waals surface area contributed by atoms with E-state index in [1.165, 1.54) is 0 Å². The first kappa shape index (κ1) is 21.7. The van der Waals surface area contributed by atoms with Crippen LogP contribution in [-0.4, -0.2) is 16.0 Å². The van der Waals surface area contributed by atoms with E-state index in [1.807, 2.05) is 42.5 Å². The van der Waals surface area contributed by atoms with Crippen LogP contribution < -0.4 is 4.74 Å². The van der Waals surface area contributed by atoms with E-state index in [0.29, 0.717) is 37.2 Å². The van der Waals surface area contributed by atoms with Crippen LogP contribution in [0.1, 0.15) is 11.3 Å². The van der Waals surface area contributed by atoms with Gasteiger partial charge in [-0.15, -0.1) is 0 Å². The summed E-state index contributed by atoms with van der Waals surface area (Å²) in [5.74, 6) is 0.497. The highest BCUT2D eigenvalue weighted by Gasteiger charge is 2.17. The lowest BCUT2D eigenvalue weighted by Crippen LogP contribution is -2.01. The molecule has 0 spiro atoms. The lowest BCUT2D eigenvalue weighted by molar-refractivity contribution is 0.300. The van der Waals surface area contributed by atoms with Crippen LogP contribution in [0.2, 0.25) is 20.2 Å². The van der Waals surface area contributed by atoms with Gasteiger partial charge in [-0.2, -0.15) is 5.10 Å². The zero-order chi connectivity index (χ0) is 21.8. The van der Waals surface area contributed by atoms with Gasteiger partial charge in [-0.1, -0.05) is 64.6 Å². The van der Waals surface area contributed by atoms with Crippen LogP contribution >= 0.6 is 46.4 Å². The highest BCUT2D eigenvalue weighted by atomic mass is 35.5. The van der Waals surface area contributed by atoms with Crippen LogP contribution in [0.3, 0.4) is 0 Å². The topological polar surface area (TPSA) is 39.4 Å². The summed E-state index contributed by atoms with van der Waals surface area (Å²) in [6.45, 7) is 0.142. The van der Waals surface area contributed by atoms with Gasteiger partial charge in [0.2, 0.25) is 0 Å². The van der Waals surface area contributed by atoms with Gasteiger partial charge in [-0.05, 0) is 54.6 Å². The summed E-state index contributed by atoms with van der Waals surface area (Å²) < 4.78 is 7.53. The molecular weight excluding hydrogens is 476 g/mol. The number of hydrogen-bond donors (Lipinski definition) is 0. The molecule has 1 heterocycles. The number of halogens is 4. The molecule has 8 heteroatoms. The molecule has 156 valence electrons. The Morgan fingerprint density at radius 3 is 2.29 bits per heavy atom. The molecule has 0 amide bonds. The maximum Gasteiger partial charge on any atom is 0.142 e. The lowest BCUT2D eigenvalue weighted by Gasteiger charge is -2.07. The van der Waals surface area contributed by atoms with Crippen molar-refractivity contribution in [2.24, 2.45) is 4.99 Å². The van der Waals surface area contributed by atoms with Gasteiger partial charge in [0.1, 0.15) is 23.2 Å². The van der Waals surface area contributed by atoms with Crippen LogP contribution in [0.15, 0.2) is 77.8 Å². The maximum absolute atomic E-state index is 6.68. The van der Waals surface area contributed by atoms with E-state index in [4.69, 9.17) is 51.1 Å². The highest BCUT2D eigenvalue weighted by Crippen LogP contribution is 2.30. The fraction of sp³-hybridized carbons (Fsp3) is 0.0435. The zero-order valence-corrected chi connectivity index (χ0v) is 19.0. The molecule has 4 nitrogen and oxygen atoms in total. The minimum atomic E-state index is 0.142. The Labute approximate surface area is 199 Å². The van der Waals surface area contributed by atoms with Crippen molar-refractivity contribution in [3.63, 3.8) is 0 Å². The number of nitrogens with zero attached hydrogens (tertiary/aromatic N) is 3. The van der Waals surface area contributed by atoms with Crippen LogP contribution in [0.4, 0.5) is 5.69 Å². The van der Waals surface area contributed by atoms with Gasteiger partial charge in [0, 0.05) is 16.3 Å². The van der Waals surface area contributed by atoms with Gasteiger partial charge in [0.25, 0.3) is 0 Å². The lowest BCUT2D eigenvalue weighted by atomic mass is 10.2. The summed E-state index contributed by atoms with van der Waals surface area (Å²) in [6.07, 6.45) is 1.67. The van der Waals surface area contributed by atoms with Crippen molar-refractivity contribution in [3.05, 3.63) is 104 Å². The van der Waals surface area contributed by atoms with E-state index in [9.17, 15) is 0 Å². The van der Waals surface area contributed by atoms with Crippen molar-refractivity contribution in [3.8, 4) is 11.4 Å². The van der Waals surface area contributed by atoms with Crippen LogP contribution in [-0.2, 0) is 6.61 Å². The maximum atomic E-state index is 6.68. The molecule has 1 aromatic heterocycles. The molecule has 4 rings (SSSR count). The third-order valence-corrected chi connectivity index (χ3v) is 5.51. The average Bonchev–Trinajstić information content (AvgIpc) is 3.09. The Kier molecular flexibility index (Phi) is 6.83. The van der Waals surface area contributed by atoms with Crippen molar-refractivity contribution in [1.82, 2.24) is 9.78 Å². The molecule has 0 saturated carbocycles. The number of para-hydroxylation sites is 1. The second-order valence-electron chi connectivity index (χ2n) is 6.50. The van der Waals surface area contributed by atoms with Crippen molar-refractivity contribution >= 4 is 58.3 Å². The predicted molar refractivity (Wildman–Crippen MR) is 128 cm³/mol. The van der Waals surface area contributed by atoms with Crippen molar-refractivity contribution in [2.75, 3.05) is 0 Å². The molecule has 0 aliphatic carbocycles. The number of rotatable bonds is 6. The van der Waals surface area contributed by atoms with Crippen molar-refractivity contribution in [2.45, 2.75) is 6.61 Å². The normalized spacial score (nSPS) is 11.2. The molecule has 0 atom stereocenters. The van der Waals surface area contributed by atoms with E-state index in [-0.39, 0.29) is 6.61 Å². The Morgan fingerprint density at radius 1 is 0.871 bits per heavy atom. The van der Waals surface area contributed by atoms with Crippen LogP contribution in [0.25, 0.3) is 5.69 Å². The summed E-state index contributed by atoms with van der Waals surface area (Å²) in [4.78, 5) is 4.51. The van der Waals surface area contributed by atoms with Crippen LogP contribution in [0, 0.1) is 0 Å². The molecule has 0 unspecified atom stereocenters. The molecule has 31 heavy (non-hydrogen) atoms. The third-order valence-electron chi connectivity index (χ3n) is 4.37. The smallest absolute Gasteiger partial charge is 0.142 e. The van der Waals surface area contributed by atoms with Gasteiger partial charge in [-0.3, -0.25) is 4.99 Å². The summed E-state index contributed by atoms with van der Waals surface area (Å²) in [7, 11) is 0. The first-order valence-electron chi connectivity index (χ1n) is 9.21. The third kappa shape index (κ3) is 5.23. The minimum absolute atomic E-state index is 0.142. The summed E-state index contributed by atoms with van der Waals surface area (Å²) in [5.41, 5.74) is 2.81. The van der Waals surface area contributed by atoms with Crippen molar-refractivity contribution < 1.29 is 4.74 Å². The van der Waals surface area contributed by atoms with Crippen LogP contribution in [0.5, 0.6) is 5.75 Å². The minimum Gasteiger partial charge on any atom is -0.486 e. The Bertz CT molecular complexity index is 1220. The van der Waals surface area contributed by atoms with Gasteiger partial charge in [-0.25, -0.2) is 4.68 Å². The molecule has 0 aliphatic heterocycles. The number of aromatic nitrogens is 2. The summed E-state index contributed by atoms with van der Waals surface area (Å²) in [5, 5.41) is 6.66. The van der Waals surface area contributed by atoms with E-state index in [1.54, 1.807) is 41.2 Å². The fourth-order valence-corrected chi connectivity index (χ4v) is 3.71. The second kappa shape index (κ2) is 9.75. The molecular formula is C23H15Cl4N3O. The molecule has 0 aliphatic rings. The Balaban J connectivity index is 1.68. The predicted octanol–water partition coefficient (Wildman–Crippen LogP) is 7.82. The number of hydrogen-bond acceptors (Lipinski definition) is 3. The van der Waals surface area contributed by atoms with E-state index in [0.717, 1.165) is 11.4 Å². The molecule has 0 fully saturated rings. The van der Waals surface area contributed by atoms with Gasteiger partial charge in [0.15, 0.2) is 0 Å². The van der Waals surface area contributed by atoms with E-state index >= 15 is 0 Å². The molecule has 3 aromatic carbocycles. The standard InChI is InChI=1S/C23H15Cl4N3O/c24-15-6-9-17(10-7-15)28-13-19-21(14-31-22-11-8-16(25)12-20(22)26)29-30(23(19)27)18-4-2-1-3-5-18/h1-13H,14H2. The number of benzene rings is 3.